The van der Waals surface area contributed by atoms with Crippen LogP contribution in [0.2, 0.25) is 0 Å². The minimum absolute atomic E-state index is 0.0232. The molecule has 172 valence electrons. The van der Waals surface area contributed by atoms with E-state index in [1.54, 1.807) is 0 Å². The highest BCUT2D eigenvalue weighted by molar-refractivity contribution is 7.80. The van der Waals surface area contributed by atoms with Gasteiger partial charge in [0.25, 0.3) is 0 Å². The Kier molecular flexibility index (Phi) is 5.96. The molecule has 5 heteroatoms. The first kappa shape index (κ1) is 22.4. The van der Waals surface area contributed by atoms with Gasteiger partial charge in [0.1, 0.15) is 0 Å². The van der Waals surface area contributed by atoms with Gasteiger partial charge in [0, 0.05) is 29.8 Å². The third kappa shape index (κ3) is 3.90. The van der Waals surface area contributed by atoms with E-state index in [0.717, 1.165) is 17.4 Å². The van der Waals surface area contributed by atoms with Crippen molar-refractivity contribution in [2.75, 3.05) is 0 Å². The SMILES string of the molecule is Cc1cccc(-n2c(C)cc([C@@H]3[C@H](c4ccccn4)NC(=S)N3Cc3ccccc3)c2C)c1C. The summed E-state index contributed by atoms with van der Waals surface area (Å²) in [5.74, 6) is 0. The first-order chi connectivity index (χ1) is 16.5. The molecule has 1 fully saturated rings. The van der Waals surface area contributed by atoms with E-state index in [9.17, 15) is 0 Å². The molecule has 1 saturated heterocycles. The molecular formula is C29H30N4S. The molecule has 0 aliphatic carbocycles. The van der Waals surface area contributed by atoms with Crippen molar-refractivity contribution in [3.05, 3.63) is 118 Å². The number of nitrogens with one attached hydrogen (secondary N) is 1. The number of aryl methyl sites for hydroxylation is 2. The van der Waals surface area contributed by atoms with Gasteiger partial charge in [-0.2, -0.15) is 0 Å². The molecule has 34 heavy (non-hydrogen) atoms. The van der Waals surface area contributed by atoms with E-state index in [4.69, 9.17) is 17.2 Å². The fraction of sp³-hybridized carbons (Fsp3) is 0.241. The zero-order chi connectivity index (χ0) is 23.8. The lowest BCUT2D eigenvalue weighted by Crippen LogP contribution is -2.29. The maximum absolute atomic E-state index is 5.89. The maximum Gasteiger partial charge on any atom is 0.170 e. The van der Waals surface area contributed by atoms with Crippen molar-refractivity contribution in [1.29, 1.82) is 0 Å². The van der Waals surface area contributed by atoms with E-state index in [0.29, 0.717) is 0 Å². The van der Waals surface area contributed by atoms with Crippen molar-refractivity contribution in [3.8, 4) is 5.69 Å². The van der Waals surface area contributed by atoms with Crippen LogP contribution in [0.3, 0.4) is 0 Å². The zero-order valence-corrected chi connectivity index (χ0v) is 20.9. The van der Waals surface area contributed by atoms with Crippen molar-refractivity contribution in [3.63, 3.8) is 0 Å². The molecule has 0 unspecified atom stereocenters. The Balaban J connectivity index is 1.64. The van der Waals surface area contributed by atoms with Crippen molar-refractivity contribution >= 4 is 17.3 Å². The molecular weight excluding hydrogens is 436 g/mol. The second kappa shape index (κ2) is 9.07. The summed E-state index contributed by atoms with van der Waals surface area (Å²) in [4.78, 5) is 7.02. The van der Waals surface area contributed by atoms with Crippen molar-refractivity contribution in [2.45, 2.75) is 46.3 Å². The van der Waals surface area contributed by atoms with Crippen LogP contribution in [0.5, 0.6) is 0 Å². The van der Waals surface area contributed by atoms with Gasteiger partial charge in [-0.05, 0) is 86.4 Å². The summed E-state index contributed by atoms with van der Waals surface area (Å²) in [5.41, 5.74) is 9.81. The second-order valence-corrected chi connectivity index (χ2v) is 9.51. The highest BCUT2D eigenvalue weighted by Crippen LogP contribution is 2.42. The average molecular weight is 467 g/mol. The standard InChI is InChI=1S/C29H30N4S/c1-19-11-10-15-26(21(19)3)33-20(2)17-24(22(33)4)28-27(25-14-8-9-16-30-25)31-29(34)32(28)18-23-12-6-5-7-13-23/h5-17,27-28H,18H2,1-4H3,(H,31,34)/t27-,28+/m0/s1. The largest absolute Gasteiger partial charge is 0.352 e. The van der Waals surface area contributed by atoms with Crippen molar-refractivity contribution in [1.82, 2.24) is 19.8 Å². The lowest BCUT2D eigenvalue weighted by molar-refractivity contribution is 0.310. The quantitative estimate of drug-likeness (QED) is 0.351. The van der Waals surface area contributed by atoms with Crippen LogP contribution >= 0.6 is 12.2 Å². The highest BCUT2D eigenvalue weighted by atomic mass is 32.1. The van der Waals surface area contributed by atoms with Gasteiger partial charge in [-0.1, -0.05) is 48.5 Å². The molecule has 2 atom stereocenters. The maximum atomic E-state index is 5.89. The van der Waals surface area contributed by atoms with E-state index in [1.807, 2.05) is 18.3 Å². The smallest absolute Gasteiger partial charge is 0.170 e. The van der Waals surface area contributed by atoms with E-state index < -0.39 is 0 Å². The number of nitrogens with zero attached hydrogens (tertiary/aromatic N) is 3. The molecule has 0 spiro atoms. The summed E-state index contributed by atoms with van der Waals surface area (Å²) in [7, 11) is 0. The Morgan fingerprint density at radius 2 is 1.68 bits per heavy atom. The number of benzene rings is 2. The molecule has 0 bridgehead atoms. The summed E-state index contributed by atoms with van der Waals surface area (Å²) in [6, 6.07) is 25.5. The number of hydrogen-bond acceptors (Lipinski definition) is 2. The van der Waals surface area contributed by atoms with Crippen molar-refractivity contribution < 1.29 is 0 Å². The molecule has 0 amide bonds. The molecule has 1 aliphatic rings. The number of thiocarbonyl (C=S) groups is 1. The summed E-state index contributed by atoms with van der Waals surface area (Å²) in [6.07, 6.45) is 1.86. The molecule has 4 nitrogen and oxygen atoms in total. The van der Waals surface area contributed by atoms with Crippen LogP contribution < -0.4 is 5.32 Å². The summed E-state index contributed by atoms with van der Waals surface area (Å²) in [6.45, 7) is 9.53. The lowest BCUT2D eigenvalue weighted by Gasteiger charge is -2.28. The Hall–Kier alpha value is -3.44. The number of rotatable bonds is 5. The molecule has 1 aliphatic heterocycles. The van der Waals surface area contributed by atoms with Crippen LogP contribution in [-0.2, 0) is 6.54 Å². The number of aromatic nitrogens is 2. The van der Waals surface area contributed by atoms with Crippen LogP contribution in [0.1, 0.15) is 51.4 Å². The normalized spacial score (nSPS) is 17.8. The van der Waals surface area contributed by atoms with E-state index in [-0.39, 0.29) is 12.1 Å². The fourth-order valence-electron chi connectivity index (χ4n) is 5.13. The molecule has 2 aromatic heterocycles. The number of hydrogen-bond donors (Lipinski definition) is 1. The van der Waals surface area contributed by atoms with E-state index in [1.165, 1.54) is 39.3 Å². The minimum Gasteiger partial charge on any atom is -0.352 e. The second-order valence-electron chi connectivity index (χ2n) is 9.12. The number of pyridine rings is 1. The summed E-state index contributed by atoms with van der Waals surface area (Å²) < 4.78 is 2.38. The molecule has 4 aromatic rings. The predicted octanol–water partition coefficient (Wildman–Crippen LogP) is 6.28. The Morgan fingerprint density at radius 1 is 0.912 bits per heavy atom. The molecule has 1 N–H and O–H groups in total. The van der Waals surface area contributed by atoms with Crippen LogP contribution in [-0.4, -0.2) is 19.6 Å². The molecule has 5 rings (SSSR count). The Bertz CT molecular complexity index is 1330. The molecule has 0 saturated carbocycles. The summed E-state index contributed by atoms with van der Waals surface area (Å²) in [5, 5.41) is 4.36. The van der Waals surface area contributed by atoms with Gasteiger partial charge in [0.05, 0.1) is 17.8 Å². The van der Waals surface area contributed by atoms with E-state index in [2.05, 4.69) is 103 Å². The third-order valence-electron chi connectivity index (χ3n) is 7.00. The third-order valence-corrected chi connectivity index (χ3v) is 7.35. The predicted molar refractivity (Wildman–Crippen MR) is 142 cm³/mol. The van der Waals surface area contributed by atoms with E-state index >= 15 is 0 Å². The lowest BCUT2D eigenvalue weighted by atomic mass is 9.96. The minimum atomic E-state index is -0.0232. The molecule has 0 radical (unpaired) electrons. The highest BCUT2D eigenvalue weighted by Gasteiger charge is 2.41. The van der Waals surface area contributed by atoms with Crippen LogP contribution in [0.4, 0.5) is 0 Å². The van der Waals surface area contributed by atoms with Gasteiger partial charge < -0.3 is 14.8 Å². The van der Waals surface area contributed by atoms with Gasteiger partial charge in [-0.25, -0.2) is 0 Å². The van der Waals surface area contributed by atoms with Gasteiger partial charge in [-0.15, -0.1) is 0 Å². The van der Waals surface area contributed by atoms with Gasteiger partial charge in [0.15, 0.2) is 5.11 Å². The molecule has 2 aromatic carbocycles. The first-order valence-corrected chi connectivity index (χ1v) is 12.1. The first-order valence-electron chi connectivity index (χ1n) is 11.7. The Morgan fingerprint density at radius 3 is 2.41 bits per heavy atom. The van der Waals surface area contributed by atoms with Gasteiger partial charge in [-0.3, -0.25) is 4.98 Å². The summed E-state index contributed by atoms with van der Waals surface area (Å²) >= 11 is 5.89. The average Bonchev–Trinajstić information content (AvgIpc) is 3.32. The van der Waals surface area contributed by atoms with Crippen molar-refractivity contribution in [2.24, 2.45) is 0 Å². The monoisotopic (exact) mass is 466 g/mol. The van der Waals surface area contributed by atoms with Crippen LogP contribution in [0, 0.1) is 27.7 Å². The zero-order valence-electron chi connectivity index (χ0n) is 20.1. The van der Waals surface area contributed by atoms with Crippen LogP contribution in [0.15, 0.2) is 79.0 Å². The fourth-order valence-corrected chi connectivity index (χ4v) is 5.44. The van der Waals surface area contributed by atoms with Gasteiger partial charge in [0.2, 0.25) is 0 Å². The van der Waals surface area contributed by atoms with Gasteiger partial charge >= 0.3 is 0 Å². The van der Waals surface area contributed by atoms with Crippen LogP contribution in [0.25, 0.3) is 5.69 Å². The Labute approximate surface area is 207 Å². The topological polar surface area (TPSA) is 33.1 Å². The molecule has 3 heterocycles.